The minimum Gasteiger partial charge on any atom is -0.489 e. The molecular weight excluding hydrogens is 257 g/mol. The summed E-state index contributed by atoms with van der Waals surface area (Å²) < 4.78 is 43.6. The Morgan fingerprint density at radius 2 is 2.11 bits per heavy atom. The first kappa shape index (κ1) is 14.0. The van der Waals surface area contributed by atoms with Gasteiger partial charge >= 0.3 is 6.18 Å². The van der Waals surface area contributed by atoms with Crippen molar-refractivity contribution in [2.24, 2.45) is 0 Å². The molecule has 2 rings (SSSR count). The molecule has 1 aromatic carbocycles. The van der Waals surface area contributed by atoms with E-state index in [0.29, 0.717) is 0 Å². The average molecular weight is 274 g/mol. The summed E-state index contributed by atoms with van der Waals surface area (Å²) in [4.78, 5) is 0. The summed E-state index contributed by atoms with van der Waals surface area (Å²) in [5.41, 5.74) is 4.76. The van der Waals surface area contributed by atoms with Crippen LogP contribution >= 0.6 is 0 Å². The van der Waals surface area contributed by atoms with Gasteiger partial charge in [-0.05, 0) is 38.4 Å². The fraction of sp³-hybridized carbons (Fsp3) is 0.538. The van der Waals surface area contributed by atoms with E-state index < -0.39 is 11.7 Å². The van der Waals surface area contributed by atoms with E-state index in [4.69, 9.17) is 10.5 Å². The summed E-state index contributed by atoms with van der Waals surface area (Å²) in [6, 6.07) is 3.49. The van der Waals surface area contributed by atoms with E-state index in [2.05, 4.69) is 5.32 Å². The average Bonchev–Trinajstić information content (AvgIpc) is 2.80. The Labute approximate surface area is 109 Å². The van der Waals surface area contributed by atoms with Crippen molar-refractivity contribution in [3.05, 3.63) is 23.8 Å². The lowest BCUT2D eigenvalue weighted by Crippen LogP contribution is -2.36. The van der Waals surface area contributed by atoms with Gasteiger partial charge in [-0.1, -0.05) is 0 Å². The Morgan fingerprint density at radius 1 is 1.37 bits per heavy atom. The molecule has 0 saturated carbocycles. The summed E-state index contributed by atoms with van der Waals surface area (Å²) in [5.74, 6) is 0.161. The van der Waals surface area contributed by atoms with E-state index >= 15 is 0 Å². The first-order valence-corrected chi connectivity index (χ1v) is 6.24. The smallest absolute Gasteiger partial charge is 0.416 e. The predicted octanol–water partition coefficient (Wildman–Crippen LogP) is 2.81. The van der Waals surface area contributed by atoms with E-state index in [0.717, 1.165) is 31.5 Å². The molecule has 106 valence electrons. The molecule has 0 aromatic heterocycles. The largest absolute Gasteiger partial charge is 0.489 e. The molecule has 2 atom stereocenters. The van der Waals surface area contributed by atoms with Gasteiger partial charge in [0.2, 0.25) is 0 Å². The fourth-order valence-electron chi connectivity index (χ4n) is 2.26. The Balaban J connectivity index is 2.13. The first-order valence-electron chi connectivity index (χ1n) is 6.24. The van der Waals surface area contributed by atoms with Crippen LogP contribution in [0.5, 0.6) is 5.75 Å². The predicted molar refractivity (Wildman–Crippen MR) is 67.0 cm³/mol. The molecule has 1 saturated heterocycles. The third kappa shape index (κ3) is 3.53. The first-order chi connectivity index (χ1) is 8.86. The van der Waals surface area contributed by atoms with Gasteiger partial charge < -0.3 is 15.8 Å². The van der Waals surface area contributed by atoms with Crippen LogP contribution < -0.4 is 15.8 Å². The van der Waals surface area contributed by atoms with Crippen molar-refractivity contribution in [3.8, 4) is 5.75 Å². The van der Waals surface area contributed by atoms with E-state index in [1.165, 1.54) is 6.07 Å². The number of alkyl halides is 3. The van der Waals surface area contributed by atoms with Crippen LogP contribution in [0.1, 0.15) is 25.3 Å². The maximum absolute atomic E-state index is 12.7. The molecule has 1 aromatic rings. The van der Waals surface area contributed by atoms with Crippen LogP contribution in [-0.4, -0.2) is 18.7 Å². The highest BCUT2D eigenvalue weighted by atomic mass is 19.4. The molecular formula is C13H17F3N2O. The Kier molecular flexibility index (Phi) is 3.89. The molecule has 2 unspecified atom stereocenters. The van der Waals surface area contributed by atoms with Crippen molar-refractivity contribution >= 4 is 5.69 Å². The van der Waals surface area contributed by atoms with Gasteiger partial charge in [0, 0.05) is 17.8 Å². The van der Waals surface area contributed by atoms with Crippen molar-refractivity contribution in [3.63, 3.8) is 0 Å². The number of hydrogen-bond donors (Lipinski definition) is 2. The zero-order chi connectivity index (χ0) is 14.0. The monoisotopic (exact) mass is 274 g/mol. The van der Waals surface area contributed by atoms with Gasteiger partial charge in [0.05, 0.1) is 5.56 Å². The van der Waals surface area contributed by atoms with Crippen LogP contribution in [0.15, 0.2) is 18.2 Å². The summed E-state index contributed by atoms with van der Waals surface area (Å²) in [6.45, 7) is 2.77. The molecule has 19 heavy (non-hydrogen) atoms. The van der Waals surface area contributed by atoms with Gasteiger partial charge in [-0.2, -0.15) is 13.2 Å². The SMILES string of the molecule is CC(Oc1cc(N)cc(C(F)(F)F)c1)C1CCCN1. The highest BCUT2D eigenvalue weighted by Gasteiger charge is 2.31. The molecule has 1 heterocycles. The summed E-state index contributed by atoms with van der Waals surface area (Å²) in [6.07, 6.45) is -2.58. The zero-order valence-electron chi connectivity index (χ0n) is 10.6. The highest BCUT2D eigenvalue weighted by Crippen LogP contribution is 2.33. The summed E-state index contributed by atoms with van der Waals surface area (Å²) in [7, 11) is 0. The van der Waals surface area contributed by atoms with E-state index in [-0.39, 0.29) is 23.6 Å². The lowest BCUT2D eigenvalue weighted by Gasteiger charge is -2.22. The number of nitrogens with one attached hydrogen (secondary N) is 1. The number of nitrogen functional groups attached to an aromatic ring is 1. The summed E-state index contributed by atoms with van der Waals surface area (Å²) in [5, 5.41) is 3.26. The van der Waals surface area contributed by atoms with Crippen LogP contribution in [0.3, 0.4) is 0 Å². The van der Waals surface area contributed by atoms with Crippen molar-refractivity contribution in [1.82, 2.24) is 5.32 Å². The van der Waals surface area contributed by atoms with Gasteiger partial charge in [-0.25, -0.2) is 0 Å². The third-order valence-electron chi connectivity index (χ3n) is 3.24. The van der Waals surface area contributed by atoms with Crippen LogP contribution in [0.25, 0.3) is 0 Å². The van der Waals surface area contributed by atoms with Crippen LogP contribution in [0.4, 0.5) is 18.9 Å². The molecule has 0 amide bonds. The van der Waals surface area contributed by atoms with Crippen molar-refractivity contribution in [2.45, 2.75) is 38.1 Å². The second kappa shape index (κ2) is 5.28. The van der Waals surface area contributed by atoms with Gasteiger partial charge in [0.25, 0.3) is 0 Å². The number of anilines is 1. The standard InChI is InChI=1S/C13H17F3N2O/c1-8(12-3-2-4-18-12)19-11-6-9(13(14,15)16)5-10(17)7-11/h5-8,12,18H,2-4,17H2,1H3. The third-order valence-corrected chi connectivity index (χ3v) is 3.24. The minimum atomic E-state index is -4.41. The van der Waals surface area contributed by atoms with Crippen LogP contribution in [-0.2, 0) is 6.18 Å². The number of benzene rings is 1. The lowest BCUT2D eigenvalue weighted by molar-refractivity contribution is -0.137. The topological polar surface area (TPSA) is 47.3 Å². The molecule has 3 N–H and O–H groups in total. The Morgan fingerprint density at radius 3 is 2.68 bits per heavy atom. The number of hydrogen-bond acceptors (Lipinski definition) is 3. The molecule has 1 aliphatic heterocycles. The van der Waals surface area contributed by atoms with Crippen molar-refractivity contribution < 1.29 is 17.9 Å². The normalized spacial score (nSPS) is 21.4. The lowest BCUT2D eigenvalue weighted by atomic mass is 10.1. The van der Waals surface area contributed by atoms with Gasteiger partial charge in [-0.15, -0.1) is 0 Å². The number of halogens is 3. The highest BCUT2D eigenvalue weighted by molar-refractivity contribution is 5.48. The number of rotatable bonds is 3. The maximum atomic E-state index is 12.7. The van der Waals surface area contributed by atoms with Crippen molar-refractivity contribution in [2.75, 3.05) is 12.3 Å². The summed E-state index contributed by atoms with van der Waals surface area (Å²) >= 11 is 0. The van der Waals surface area contributed by atoms with Gasteiger partial charge in [-0.3, -0.25) is 0 Å². The Hall–Kier alpha value is -1.43. The van der Waals surface area contributed by atoms with Crippen LogP contribution in [0.2, 0.25) is 0 Å². The fourth-order valence-corrected chi connectivity index (χ4v) is 2.26. The van der Waals surface area contributed by atoms with Gasteiger partial charge in [0.1, 0.15) is 11.9 Å². The Bertz CT molecular complexity index is 442. The molecule has 0 aliphatic carbocycles. The quantitative estimate of drug-likeness (QED) is 0.833. The minimum absolute atomic E-state index is 0.0522. The molecule has 1 aliphatic rings. The van der Waals surface area contributed by atoms with E-state index in [1.54, 1.807) is 0 Å². The molecule has 0 radical (unpaired) electrons. The molecule has 1 fully saturated rings. The van der Waals surface area contributed by atoms with Gasteiger partial charge in [0.15, 0.2) is 0 Å². The number of ether oxygens (including phenoxy) is 1. The zero-order valence-corrected chi connectivity index (χ0v) is 10.6. The van der Waals surface area contributed by atoms with E-state index in [1.807, 2.05) is 6.92 Å². The molecule has 0 spiro atoms. The molecule has 0 bridgehead atoms. The van der Waals surface area contributed by atoms with E-state index in [9.17, 15) is 13.2 Å². The van der Waals surface area contributed by atoms with Crippen molar-refractivity contribution in [1.29, 1.82) is 0 Å². The van der Waals surface area contributed by atoms with Crippen LogP contribution in [0, 0.1) is 0 Å². The maximum Gasteiger partial charge on any atom is 0.416 e. The second-order valence-corrected chi connectivity index (χ2v) is 4.81. The molecule has 6 heteroatoms. The second-order valence-electron chi connectivity index (χ2n) is 4.81. The number of nitrogens with two attached hydrogens (primary N) is 1. The molecule has 3 nitrogen and oxygen atoms in total.